The number of para-hydroxylation sites is 2. The summed E-state index contributed by atoms with van der Waals surface area (Å²) in [7, 11) is 0. The Hall–Kier alpha value is -7.42. The van der Waals surface area contributed by atoms with Gasteiger partial charge in [0.2, 0.25) is 0 Å². The van der Waals surface area contributed by atoms with Crippen molar-refractivity contribution in [2.75, 3.05) is 4.90 Å². The Morgan fingerprint density at radius 1 is 0.351 bits per heavy atom. The highest BCUT2D eigenvalue weighted by Crippen LogP contribution is 2.47. The second-order valence-electron chi connectivity index (χ2n) is 14.6. The molecule has 0 fully saturated rings. The van der Waals surface area contributed by atoms with Crippen LogP contribution in [0.15, 0.2) is 224 Å². The van der Waals surface area contributed by atoms with E-state index in [4.69, 9.17) is 0 Å². The van der Waals surface area contributed by atoms with Crippen LogP contribution in [-0.2, 0) is 0 Å². The van der Waals surface area contributed by atoms with Crippen LogP contribution in [0.2, 0.25) is 0 Å². The molecule has 1 aromatic heterocycles. The largest absolute Gasteiger partial charge is 0.309 e. The number of rotatable bonds is 8. The van der Waals surface area contributed by atoms with E-state index >= 15 is 0 Å². The van der Waals surface area contributed by atoms with Crippen LogP contribution in [0.5, 0.6) is 0 Å². The fraction of sp³-hybridized carbons (Fsp3) is 0.0182. The molecule has 0 saturated heterocycles. The van der Waals surface area contributed by atoms with E-state index in [1.807, 2.05) is 0 Å². The standard InChI is InChI=1S/C55H40N2/c1-39-28-30-44(31-29-39)48-37-34-45(41-18-7-3-8-19-41)38-54(48)57-51-25-14-12-23-49(51)55-52(26-15-27-53(55)57)56(46-35-32-42(33-36-46)40-16-5-2-6-17-40)50-24-13-11-22-47(50)43-20-9-4-10-21-43/h2-38H,1H3. The highest BCUT2D eigenvalue weighted by atomic mass is 15.2. The molecule has 2 nitrogen and oxygen atoms in total. The van der Waals surface area contributed by atoms with Gasteiger partial charge in [0.1, 0.15) is 0 Å². The van der Waals surface area contributed by atoms with E-state index in [9.17, 15) is 0 Å². The molecular weight excluding hydrogens is 689 g/mol. The minimum atomic E-state index is 1.09. The fourth-order valence-electron chi connectivity index (χ4n) is 8.32. The molecule has 0 unspecified atom stereocenters. The molecule has 1 heterocycles. The third-order valence-electron chi connectivity index (χ3n) is 11.1. The molecule has 2 heteroatoms. The molecular formula is C55H40N2. The number of aromatic nitrogens is 1. The van der Waals surface area contributed by atoms with Gasteiger partial charge in [-0.05, 0) is 82.8 Å². The number of anilines is 3. The smallest absolute Gasteiger partial charge is 0.0562 e. The number of aryl methyl sites for hydroxylation is 1. The van der Waals surface area contributed by atoms with Crippen LogP contribution in [0.3, 0.4) is 0 Å². The van der Waals surface area contributed by atoms with Crippen LogP contribution in [0, 0.1) is 6.92 Å². The first-order valence-electron chi connectivity index (χ1n) is 19.6. The van der Waals surface area contributed by atoms with Crippen molar-refractivity contribution in [3.63, 3.8) is 0 Å². The second kappa shape index (κ2) is 14.7. The highest BCUT2D eigenvalue weighted by molar-refractivity contribution is 6.17. The summed E-state index contributed by atoms with van der Waals surface area (Å²) in [6, 6.07) is 81.3. The molecule has 0 radical (unpaired) electrons. The van der Waals surface area contributed by atoms with Crippen LogP contribution < -0.4 is 4.90 Å². The Bertz CT molecular complexity index is 2980. The summed E-state index contributed by atoms with van der Waals surface area (Å²) < 4.78 is 2.48. The maximum atomic E-state index is 2.48. The fourth-order valence-corrected chi connectivity index (χ4v) is 8.32. The van der Waals surface area contributed by atoms with Gasteiger partial charge in [-0.2, -0.15) is 0 Å². The average molecular weight is 729 g/mol. The lowest BCUT2D eigenvalue weighted by molar-refractivity contribution is 1.18. The first-order valence-corrected chi connectivity index (χ1v) is 19.6. The number of hydrogen-bond acceptors (Lipinski definition) is 1. The molecule has 10 aromatic rings. The van der Waals surface area contributed by atoms with Gasteiger partial charge in [0, 0.05) is 27.6 Å². The van der Waals surface area contributed by atoms with Gasteiger partial charge in [0.05, 0.1) is 28.1 Å². The second-order valence-corrected chi connectivity index (χ2v) is 14.6. The maximum absolute atomic E-state index is 2.48. The van der Waals surface area contributed by atoms with Crippen LogP contribution in [0.4, 0.5) is 17.1 Å². The molecule has 0 aliphatic carbocycles. The SMILES string of the molecule is Cc1ccc(-c2ccc(-c3ccccc3)cc2-n2c3ccccc3c3c(N(c4ccc(-c5ccccc5)cc4)c4ccccc4-c4ccccc4)cccc32)cc1. The maximum Gasteiger partial charge on any atom is 0.0562 e. The topological polar surface area (TPSA) is 8.17 Å². The van der Waals surface area contributed by atoms with Gasteiger partial charge >= 0.3 is 0 Å². The minimum absolute atomic E-state index is 1.09. The average Bonchev–Trinajstić information content (AvgIpc) is 3.63. The van der Waals surface area contributed by atoms with Gasteiger partial charge < -0.3 is 9.47 Å². The molecule has 0 saturated carbocycles. The summed E-state index contributed by atoms with van der Waals surface area (Å²) in [6.45, 7) is 2.15. The van der Waals surface area contributed by atoms with Crippen molar-refractivity contribution in [1.82, 2.24) is 4.57 Å². The molecule has 9 aromatic carbocycles. The van der Waals surface area contributed by atoms with E-state index in [2.05, 4.69) is 241 Å². The van der Waals surface area contributed by atoms with Crippen molar-refractivity contribution in [3.8, 4) is 50.2 Å². The van der Waals surface area contributed by atoms with Gasteiger partial charge in [-0.25, -0.2) is 0 Å². The van der Waals surface area contributed by atoms with Crippen molar-refractivity contribution in [3.05, 3.63) is 230 Å². The van der Waals surface area contributed by atoms with E-state index in [-0.39, 0.29) is 0 Å². The van der Waals surface area contributed by atoms with Gasteiger partial charge in [0.25, 0.3) is 0 Å². The molecule has 0 atom stereocenters. The molecule has 0 bridgehead atoms. The molecule has 0 spiro atoms. The third-order valence-corrected chi connectivity index (χ3v) is 11.1. The van der Waals surface area contributed by atoms with Crippen molar-refractivity contribution in [2.45, 2.75) is 6.92 Å². The predicted molar refractivity (Wildman–Crippen MR) is 242 cm³/mol. The highest BCUT2D eigenvalue weighted by Gasteiger charge is 2.24. The monoisotopic (exact) mass is 728 g/mol. The van der Waals surface area contributed by atoms with Gasteiger partial charge in [-0.1, -0.05) is 188 Å². The molecule has 270 valence electrons. The Labute approximate surface area is 334 Å². The normalized spacial score (nSPS) is 11.2. The molecule has 0 aliphatic heterocycles. The van der Waals surface area contributed by atoms with Gasteiger partial charge in [-0.15, -0.1) is 0 Å². The Morgan fingerprint density at radius 2 is 0.860 bits per heavy atom. The number of fused-ring (bicyclic) bond motifs is 3. The Morgan fingerprint density at radius 3 is 1.58 bits per heavy atom. The van der Waals surface area contributed by atoms with Crippen molar-refractivity contribution >= 4 is 38.9 Å². The first-order chi connectivity index (χ1) is 28.2. The van der Waals surface area contributed by atoms with Crippen LogP contribution in [0.1, 0.15) is 5.56 Å². The van der Waals surface area contributed by atoms with Crippen molar-refractivity contribution < 1.29 is 0 Å². The number of hydrogen-bond donors (Lipinski definition) is 0. The van der Waals surface area contributed by atoms with Crippen LogP contribution in [0.25, 0.3) is 72.0 Å². The van der Waals surface area contributed by atoms with Gasteiger partial charge in [-0.3, -0.25) is 0 Å². The van der Waals surface area contributed by atoms with E-state index in [0.717, 1.165) is 33.8 Å². The minimum Gasteiger partial charge on any atom is -0.309 e. The van der Waals surface area contributed by atoms with E-state index in [1.54, 1.807) is 0 Å². The summed E-state index contributed by atoms with van der Waals surface area (Å²) in [4.78, 5) is 2.46. The first kappa shape index (κ1) is 34.1. The lowest BCUT2D eigenvalue weighted by atomic mass is 9.97. The number of nitrogens with zero attached hydrogens (tertiary/aromatic N) is 2. The predicted octanol–water partition coefficient (Wildman–Crippen LogP) is 15.2. The lowest BCUT2D eigenvalue weighted by Gasteiger charge is -2.29. The van der Waals surface area contributed by atoms with Crippen LogP contribution in [-0.4, -0.2) is 4.57 Å². The van der Waals surface area contributed by atoms with Crippen molar-refractivity contribution in [1.29, 1.82) is 0 Å². The van der Waals surface area contributed by atoms with Crippen molar-refractivity contribution in [2.24, 2.45) is 0 Å². The molecule has 57 heavy (non-hydrogen) atoms. The van der Waals surface area contributed by atoms with E-state index in [1.165, 1.54) is 60.8 Å². The quantitative estimate of drug-likeness (QED) is 0.151. The molecule has 10 rings (SSSR count). The lowest BCUT2D eigenvalue weighted by Crippen LogP contribution is -2.11. The molecule has 0 aliphatic rings. The molecule has 0 amide bonds. The zero-order valence-electron chi connectivity index (χ0n) is 31.8. The van der Waals surface area contributed by atoms with E-state index < -0.39 is 0 Å². The summed E-state index contributed by atoms with van der Waals surface area (Å²) in [5.41, 5.74) is 17.5. The summed E-state index contributed by atoms with van der Waals surface area (Å²) >= 11 is 0. The summed E-state index contributed by atoms with van der Waals surface area (Å²) in [5.74, 6) is 0. The van der Waals surface area contributed by atoms with Crippen LogP contribution >= 0.6 is 0 Å². The number of benzene rings is 9. The Kier molecular flexibility index (Phi) is 8.78. The molecule has 0 N–H and O–H groups in total. The third kappa shape index (κ3) is 6.28. The summed E-state index contributed by atoms with van der Waals surface area (Å²) in [6.07, 6.45) is 0. The Balaban J connectivity index is 1.26. The zero-order valence-corrected chi connectivity index (χ0v) is 31.8. The summed E-state index contributed by atoms with van der Waals surface area (Å²) in [5, 5.41) is 2.40. The van der Waals surface area contributed by atoms with Gasteiger partial charge in [0.15, 0.2) is 0 Å². The van der Waals surface area contributed by atoms with E-state index in [0.29, 0.717) is 0 Å². The zero-order chi connectivity index (χ0) is 38.1.